The van der Waals surface area contributed by atoms with Gasteiger partial charge in [0.05, 0.1) is 6.04 Å². The predicted octanol–water partition coefficient (Wildman–Crippen LogP) is 3.15. The topological polar surface area (TPSA) is 50.4 Å². The zero-order valence-electron chi connectivity index (χ0n) is 11.0. The number of amidine groups is 1. The van der Waals surface area contributed by atoms with Gasteiger partial charge in [-0.2, -0.15) is 0 Å². The van der Waals surface area contributed by atoms with Crippen LogP contribution in [0, 0.1) is 5.92 Å². The summed E-state index contributed by atoms with van der Waals surface area (Å²) >= 11 is 0. The van der Waals surface area contributed by atoms with Crippen molar-refractivity contribution in [2.24, 2.45) is 16.8 Å². The Labute approximate surface area is 105 Å². The van der Waals surface area contributed by atoms with Gasteiger partial charge in [0, 0.05) is 6.42 Å². The molecule has 2 aliphatic carbocycles. The molecule has 0 aromatic carbocycles. The molecule has 2 saturated carbocycles. The van der Waals surface area contributed by atoms with Gasteiger partial charge in [-0.1, -0.05) is 44.9 Å². The first-order valence-corrected chi connectivity index (χ1v) is 7.42. The quantitative estimate of drug-likeness (QED) is 0.341. The van der Waals surface area contributed by atoms with E-state index in [0.29, 0.717) is 6.04 Å². The number of nitrogens with zero attached hydrogens (tertiary/aromatic N) is 1. The second-order valence-electron chi connectivity index (χ2n) is 5.70. The smallest absolute Gasteiger partial charge is 0.111 e. The number of hydrazine groups is 1. The maximum Gasteiger partial charge on any atom is 0.111 e. The van der Waals surface area contributed by atoms with E-state index in [1.165, 1.54) is 64.2 Å². The number of hydrogen-bond acceptors (Lipinski definition) is 2. The van der Waals surface area contributed by atoms with E-state index < -0.39 is 0 Å². The number of aliphatic imine (C=N–C) groups is 1. The summed E-state index contributed by atoms with van der Waals surface area (Å²) in [6.07, 6.45) is 14.7. The van der Waals surface area contributed by atoms with Crippen molar-refractivity contribution in [1.82, 2.24) is 5.43 Å². The first kappa shape index (κ1) is 12.9. The first-order valence-electron chi connectivity index (χ1n) is 7.42. The minimum atomic E-state index is 0.549. The zero-order valence-corrected chi connectivity index (χ0v) is 11.0. The van der Waals surface area contributed by atoms with Gasteiger partial charge in [0.1, 0.15) is 5.84 Å². The number of nitrogens with one attached hydrogen (secondary N) is 1. The number of nitrogens with two attached hydrogens (primary N) is 1. The van der Waals surface area contributed by atoms with Crippen molar-refractivity contribution in [3.05, 3.63) is 0 Å². The molecule has 17 heavy (non-hydrogen) atoms. The molecule has 0 aromatic heterocycles. The molecule has 2 aliphatic rings. The van der Waals surface area contributed by atoms with Gasteiger partial charge in [-0.3, -0.25) is 4.99 Å². The van der Waals surface area contributed by atoms with Crippen LogP contribution in [0.5, 0.6) is 0 Å². The van der Waals surface area contributed by atoms with E-state index >= 15 is 0 Å². The van der Waals surface area contributed by atoms with E-state index in [9.17, 15) is 0 Å². The summed E-state index contributed by atoms with van der Waals surface area (Å²) in [7, 11) is 0. The molecule has 0 spiro atoms. The molecule has 0 aliphatic heterocycles. The fraction of sp³-hybridized carbons (Fsp3) is 0.929. The maximum absolute atomic E-state index is 5.59. The highest BCUT2D eigenvalue weighted by atomic mass is 15.3. The summed E-state index contributed by atoms with van der Waals surface area (Å²) in [5.41, 5.74) is 2.82. The molecule has 0 amide bonds. The summed E-state index contributed by atoms with van der Waals surface area (Å²) in [5.74, 6) is 7.55. The summed E-state index contributed by atoms with van der Waals surface area (Å²) in [6.45, 7) is 0. The molecule has 0 heterocycles. The standard InChI is InChI=1S/C14H27N3/c15-17-14(16-13-8-4-5-9-13)11-10-12-6-2-1-3-7-12/h12-13H,1-11,15H2,(H,16,17). The lowest BCUT2D eigenvalue weighted by molar-refractivity contribution is 0.342. The minimum absolute atomic E-state index is 0.549. The molecule has 0 atom stereocenters. The van der Waals surface area contributed by atoms with E-state index in [0.717, 1.165) is 18.2 Å². The van der Waals surface area contributed by atoms with Gasteiger partial charge in [-0.05, 0) is 25.2 Å². The molecule has 2 rings (SSSR count). The molecule has 0 saturated heterocycles. The zero-order chi connectivity index (χ0) is 11.9. The van der Waals surface area contributed by atoms with Gasteiger partial charge in [-0.15, -0.1) is 0 Å². The minimum Gasteiger partial charge on any atom is -0.312 e. The number of rotatable bonds is 4. The summed E-state index contributed by atoms with van der Waals surface area (Å²) in [5, 5.41) is 0. The van der Waals surface area contributed by atoms with E-state index in [1.807, 2.05) is 0 Å². The Morgan fingerprint density at radius 1 is 1.00 bits per heavy atom. The van der Waals surface area contributed by atoms with Crippen LogP contribution in [0.15, 0.2) is 4.99 Å². The van der Waals surface area contributed by atoms with Crippen LogP contribution in [0.3, 0.4) is 0 Å². The average Bonchev–Trinajstić information content (AvgIpc) is 2.88. The Hall–Kier alpha value is -0.570. The van der Waals surface area contributed by atoms with Crippen LogP contribution >= 0.6 is 0 Å². The van der Waals surface area contributed by atoms with Crippen LogP contribution in [0.2, 0.25) is 0 Å². The summed E-state index contributed by atoms with van der Waals surface area (Å²) in [4.78, 5) is 4.76. The van der Waals surface area contributed by atoms with Gasteiger partial charge < -0.3 is 5.43 Å². The summed E-state index contributed by atoms with van der Waals surface area (Å²) in [6, 6.07) is 0.549. The molecule has 3 N–H and O–H groups in total. The van der Waals surface area contributed by atoms with Crippen molar-refractivity contribution in [3.63, 3.8) is 0 Å². The first-order chi connectivity index (χ1) is 8.38. The Morgan fingerprint density at radius 3 is 2.29 bits per heavy atom. The van der Waals surface area contributed by atoms with Crippen molar-refractivity contribution in [2.45, 2.75) is 76.7 Å². The van der Waals surface area contributed by atoms with Crippen LogP contribution < -0.4 is 11.3 Å². The van der Waals surface area contributed by atoms with E-state index in [2.05, 4.69) is 5.43 Å². The van der Waals surface area contributed by atoms with Gasteiger partial charge >= 0.3 is 0 Å². The second kappa shape index (κ2) is 7.00. The monoisotopic (exact) mass is 237 g/mol. The molecule has 0 aromatic rings. The normalized spacial score (nSPS) is 24.2. The third-order valence-electron chi connectivity index (χ3n) is 4.34. The van der Waals surface area contributed by atoms with Gasteiger partial charge in [0.25, 0.3) is 0 Å². The Kier molecular flexibility index (Phi) is 5.30. The summed E-state index contributed by atoms with van der Waals surface area (Å²) < 4.78 is 0. The molecular formula is C14H27N3. The highest BCUT2D eigenvalue weighted by Crippen LogP contribution is 2.27. The van der Waals surface area contributed by atoms with Crippen LogP contribution in [-0.2, 0) is 0 Å². The number of hydrogen-bond donors (Lipinski definition) is 2. The van der Waals surface area contributed by atoms with E-state index in [4.69, 9.17) is 10.8 Å². The Morgan fingerprint density at radius 2 is 1.65 bits per heavy atom. The van der Waals surface area contributed by atoms with Crippen molar-refractivity contribution < 1.29 is 0 Å². The molecule has 0 radical (unpaired) electrons. The molecule has 0 bridgehead atoms. The van der Waals surface area contributed by atoms with Crippen molar-refractivity contribution >= 4 is 5.84 Å². The Bertz CT molecular complexity index is 238. The third kappa shape index (κ3) is 4.30. The SMILES string of the molecule is NNC(CCC1CCCCC1)=NC1CCCC1. The lowest BCUT2D eigenvalue weighted by atomic mass is 9.86. The van der Waals surface area contributed by atoms with E-state index in [1.54, 1.807) is 0 Å². The second-order valence-corrected chi connectivity index (χ2v) is 5.70. The fourth-order valence-electron chi connectivity index (χ4n) is 3.24. The van der Waals surface area contributed by atoms with E-state index in [-0.39, 0.29) is 0 Å². The molecule has 3 nitrogen and oxygen atoms in total. The molecule has 2 fully saturated rings. The highest BCUT2D eigenvalue weighted by molar-refractivity contribution is 5.81. The van der Waals surface area contributed by atoms with Crippen LogP contribution in [0.25, 0.3) is 0 Å². The molecular weight excluding hydrogens is 210 g/mol. The molecule has 3 heteroatoms. The molecule has 0 unspecified atom stereocenters. The van der Waals surface area contributed by atoms with Crippen molar-refractivity contribution in [1.29, 1.82) is 0 Å². The predicted molar refractivity (Wildman–Crippen MR) is 72.8 cm³/mol. The highest BCUT2D eigenvalue weighted by Gasteiger charge is 2.16. The molecule has 98 valence electrons. The van der Waals surface area contributed by atoms with Gasteiger partial charge in [0.2, 0.25) is 0 Å². The van der Waals surface area contributed by atoms with Crippen LogP contribution in [0.1, 0.15) is 70.6 Å². The maximum atomic E-state index is 5.59. The third-order valence-corrected chi connectivity index (χ3v) is 4.34. The van der Waals surface area contributed by atoms with Crippen molar-refractivity contribution in [2.75, 3.05) is 0 Å². The fourth-order valence-corrected chi connectivity index (χ4v) is 3.24. The Balaban J connectivity index is 1.74. The van der Waals surface area contributed by atoms with Gasteiger partial charge in [0.15, 0.2) is 0 Å². The van der Waals surface area contributed by atoms with Crippen molar-refractivity contribution in [3.8, 4) is 0 Å². The van der Waals surface area contributed by atoms with Crippen LogP contribution in [-0.4, -0.2) is 11.9 Å². The lowest BCUT2D eigenvalue weighted by Gasteiger charge is -2.21. The van der Waals surface area contributed by atoms with Gasteiger partial charge in [-0.25, -0.2) is 5.84 Å². The average molecular weight is 237 g/mol. The van der Waals surface area contributed by atoms with Crippen LogP contribution in [0.4, 0.5) is 0 Å². The lowest BCUT2D eigenvalue weighted by Crippen LogP contribution is -2.32. The largest absolute Gasteiger partial charge is 0.312 e.